The van der Waals surface area contributed by atoms with E-state index in [-0.39, 0.29) is 0 Å². The van der Waals surface area contributed by atoms with E-state index in [4.69, 9.17) is 16.3 Å². The molecule has 0 unspecified atom stereocenters. The Morgan fingerprint density at radius 1 is 1.29 bits per heavy atom. The van der Waals surface area contributed by atoms with Gasteiger partial charge in [-0.05, 0) is 48.2 Å². The number of rotatable bonds is 2. The molecule has 2 rings (SSSR count). The van der Waals surface area contributed by atoms with E-state index < -0.39 is 0 Å². The fourth-order valence-corrected chi connectivity index (χ4v) is 1.97. The smallest absolute Gasteiger partial charge is 0.180 e. The fraction of sp³-hybridized carbons (Fsp3) is 0.0909. The van der Waals surface area contributed by atoms with Gasteiger partial charge in [-0.15, -0.1) is 11.3 Å². The molecule has 0 amide bonds. The highest BCUT2D eigenvalue weighted by atomic mass is 35.5. The van der Waals surface area contributed by atoms with Gasteiger partial charge in [0.2, 0.25) is 0 Å². The molecule has 72 valence electrons. The first-order chi connectivity index (χ1) is 6.75. The summed E-state index contributed by atoms with van der Waals surface area (Å²) in [5.74, 6) is 0.858. The number of thiophene rings is 1. The second kappa shape index (κ2) is 4.03. The largest absolute Gasteiger partial charge is 0.446 e. The van der Waals surface area contributed by atoms with Crippen LogP contribution in [0.4, 0.5) is 0 Å². The van der Waals surface area contributed by atoms with Crippen molar-refractivity contribution in [3.63, 3.8) is 0 Å². The van der Waals surface area contributed by atoms with Crippen molar-refractivity contribution < 1.29 is 4.74 Å². The highest BCUT2D eigenvalue weighted by Crippen LogP contribution is 2.29. The molecular formula is C11H9ClOS. The summed E-state index contributed by atoms with van der Waals surface area (Å²) >= 11 is 7.42. The van der Waals surface area contributed by atoms with Gasteiger partial charge in [-0.2, -0.15) is 0 Å². The minimum absolute atomic E-state index is 0.737. The summed E-state index contributed by atoms with van der Waals surface area (Å²) in [7, 11) is 0. The van der Waals surface area contributed by atoms with Crippen molar-refractivity contribution in [1.29, 1.82) is 0 Å². The van der Waals surface area contributed by atoms with E-state index in [9.17, 15) is 0 Å². The molecule has 0 aliphatic heterocycles. The third-order valence-electron chi connectivity index (χ3n) is 1.84. The fourth-order valence-electron chi connectivity index (χ4n) is 1.16. The summed E-state index contributed by atoms with van der Waals surface area (Å²) in [6.07, 6.45) is 0. The van der Waals surface area contributed by atoms with Gasteiger partial charge in [0, 0.05) is 5.02 Å². The zero-order valence-corrected chi connectivity index (χ0v) is 9.23. The number of benzene rings is 1. The van der Waals surface area contributed by atoms with Crippen LogP contribution in [0, 0.1) is 6.92 Å². The van der Waals surface area contributed by atoms with Gasteiger partial charge in [-0.3, -0.25) is 0 Å². The van der Waals surface area contributed by atoms with E-state index in [2.05, 4.69) is 0 Å². The molecule has 0 bridgehead atoms. The van der Waals surface area contributed by atoms with Crippen LogP contribution in [0.25, 0.3) is 0 Å². The van der Waals surface area contributed by atoms with Gasteiger partial charge in [0.1, 0.15) is 5.75 Å². The summed E-state index contributed by atoms with van der Waals surface area (Å²) in [5, 5.41) is 3.62. The summed E-state index contributed by atoms with van der Waals surface area (Å²) in [6.45, 7) is 1.98. The maximum atomic E-state index is 5.85. The molecule has 0 N–H and O–H groups in total. The molecule has 0 spiro atoms. The Morgan fingerprint density at radius 3 is 2.79 bits per heavy atom. The van der Waals surface area contributed by atoms with Gasteiger partial charge in [-0.25, -0.2) is 0 Å². The molecule has 1 nitrogen and oxygen atoms in total. The zero-order chi connectivity index (χ0) is 9.97. The van der Waals surface area contributed by atoms with Crippen LogP contribution in [0.3, 0.4) is 0 Å². The van der Waals surface area contributed by atoms with E-state index >= 15 is 0 Å². The summed E-state index contributed by atoms with van der Waals surface area (Å²) < 4.78 is 5.66. The third-order valence-corrected chi connectivity index (χ3v) is 2.82. The van der Waals surface area contributed by atoms with Gasteiger partial charge in [-0.1, -0.05) is 11.6 Å². The van der Waals surface area contributed by atoms with Crippen molar-refractivity contribution in [3.05, 3.63) is 46.3 Å². The van der Waals surface area contributed by atoms with E-state index in [1.807, 2.05) is 42.6 Å². The average molecular weight is 225 g/mol. The van der Waals surface area contributed by atoms with Crippen LogP contribution in [-0.2, 0) is 0 Å². The maximum absolute atomic E-state index is 5.85. The zero-order valence-electron chi connectivity index (χ0n) is 7.66. The molecule has 1 heterocycles. The van der Waals surface area contributed by atoms with Gasteiger partial charge >= 0.3 is 0 Å². The molecule has 0 saturated heterocycles. The minimum atomic E-state index is 0.737. The normalized spacial score (nSPS) is 10.1. The Kier molecular flexibility index (Phi) is 2.75. The first-order valence-corrected chi connectivity index (χ1v) is 5.49. The van der Waals surface area contributed by atoms with Crippen molar-refractivity contribution >= 4 is 22.9 Å². The lowest BCUT2D eigenvalue weighted by atomic mass is 10.2. The highest BCUT2D eigenvalue weighted by molar-refractivity contribution is 7.11. The van der Waals surface area contributed by atoms with Crippen LogP contribution < -0.4 is 4.74 Å². The van der Waals surface area contributed by atoms with Crippen LogP contribution in [0.5, 0.6) is 10.8 Å². The predicted molar refractivity (Wildman–Crippen MR) is 60.6 cm³/mol. The Labute approximate surface area is 91.9 Å². The van der Waals surface area contributed by atoms with E-state index in [1.165, 1.54) is 0 Å². The van der Waals surface area contributed by atoms with Crippen LogP contribution in [-0.4, -0.2) is 0 Å². The summed E-state index contributed by atoms with van der Waals surface area (Å²) in [4.78, 5) is 0. The molecule has 0 saturated carbocycles. The molecule has 2 aromatic rings. The quantitative estimate of drug-likeness (QED) is 0.730. The van der Waals surface area contributed by atoms with Crippen LogP contribution in [0.1, 0.15) is 5.56 Å². The third kappa shape index (κ3) is 2.08. The molecule has 3 heteroatoms. The van der Waals surface area contributed by atoms with Crippen LogP contribution in [0.15, 0.2) is 35.7 Å². The van der Waals surface area contributed by atoms with Crippen molar-refractivity contribution in [2.75, 3.05) is 0 Å². The summed E-state index contributed by atoms with van der Waals surface area (Å²) in [6, 6.07) is 9.52. The number of halogens is 1. The Bertz CT molecular complexity index is 423. The molecule has 1 aromatic heterocycles. The van der Waals surface area contributed by atoms with Crippen LogP contribution >= 0.6 is 22.9 Å². The number of hydrogen-bond donors (Lipinski definition) is 0. The van der Waals surface area contributed by atoms with E-state index in [0.29, 0.717) is 0 Å². The number of aryl methyl sites for hydroxylation is 1. The highest BCUT2D eigenvalue weighted by Gasteiger charge is 2.02. The first kappa shape index (κ1) is 9.56. The monoisotopic (exact) mass is 224 g/mol. The van der Waals surface area contributed by atoms with Gasteiger partial charge in [0.15, 0.2) is 5.06 Å². The van der Waals surface area contributed by atoms with E-state index in [1.54, 1.807) is 11.3 Å². The van der Waals surface area contributed by atoms with Crippen molar-refractivity contribution in [1.82, 2.24) is 0 Å². The second-order valence-corrected chi connectivity index (χ2v) is 4.29. The molecular weight excluding hydrogens is 216 g/mol. The number of hydrogen-bond acceptors (Lipinski definition) is 2. The Hall–Kier alpha value is -0.990. The molecule has 0 fully saturated rings. The van der Waals surface area contributed by atoms with Gasteiger partial charge < -0.3 is 4.74 Å². The molecule has 1 aromatic carbocycles. The molecule has 14 heavy (non-hydrogen) atoms. The van der Waals surface area contributed by atoms with Crippen LogP contribution in [0.2, 0.25) is 5.02 Å². The maximum Gasteiger partial charge on any atom is 0.180 e. The Balaban J connectivity index is 2.25. The Morgan fingerprint density at radius 2 is 2.14 bits per heavy atom. The SMILES string of the molecule is Cc1cc(Cl)ccc1Oc1cccs1. The standard InChI is InChI=1S/C11H9ClOS/c1-8-7-9(12)4-5-10(8)13-11-3-2-6-14-11/h2-7H,1H3. The summed E-state index contributed by atoms with van der Waals surface area (Å²) in [5.41, 5.74) is 1.05. The van der Waals surface area contributed by atoms with E-state index in [0.717, 1.165) is 21.4 Å². The predicted octanol–water partition coefficient (Wildman–Crippen LogP) is 4.50. The topological polar surface area (TPSA) is 9.23 Å². The minimum Gasteiger partial charge on any atom is -0.446 e. The second-order valence-electron chi connectivity index (χ2n) is 2.94. The number of ether oxygens (including phenoxy) is 1. The van der Waals surface area contributed by atoms with Crippen molar-refractivity contribution in [3.8, 4) is 10.8 Å². The van der Waals surface area contributed by atoms with Gasteiger partial charge in [0.25, 0.3) is 0 Å². The molecule has 0 radical (unpaired) electrons. The lowest BCUT2D eigenvalue weighted by Gasteiger charge is -2.06. The van der Waals surface area contributed by atoms with Gasteiger partial charge in [0.05, 0.1) is 0 Å². The lowest BCUT2D eigenvalue weighted by molar-refractivity contribution is 0.492. The molecule has 0 aliphatic rings. The molecule has 0 atom stereocenters. The average Bonchev–Trinajstić information content (AvgIpc) is 2.62. The molecule has 0 aliphatic carbocycles. The first-order valence-electron chi connectivity index (χ1n) is 4.23. The van der Waals surface area contributed by atoms with Crippen molar-refractivity contribution in [2.45, 2.75) is 6.92 Å². The van der Waals surface area contributed by atoms with Crippen molar-refractivity contribution in [2.24, 2.45) is 0 Å². The lowest BCUT2D eigenvalue weighted by Crippen LogP contribution is -1.84.